The third-order valence-electron chi connectivity index (χ3n) is 4.48. The maximum absolute atomic E-state index is 12.2. The van der Waals surface area contributed by atoms with Crippen molar-refractivity contribution in [2.45, 2.75) is 44.8 Å². The fraction of sp³-hybridized carbons (Fsp3) is 0.750. The van der Waals surface area contributed by atoms with E-state index in [1.54, 1.807) is 0 Å². The fourth-order valence-electron chi connectivity index (χ4n) is 3.16. The number of piperidine rings is 1. The highest BCUT2D eigenvalue weighted by molar-refractivity contribution is 5.77. The van der Waals surface area contributed by atoms with Crippen LogP contribution in [0.4, 0.5) is 0 Å². The van der Waals surface area contributed by atoms with Gasteiger partial charge in [0.05, 0.1) is 24.9 Å². The number of rotatable bonds is 5. The van der Waals surface area contributed by atoms with Crippen molar-refractivity contribution in [3.63, 3.8) is 0 Å². The first kappa shape index (κ1) is 15.5. The molecule has 6 nitrogen and oxygen atoms in total. The summed E-state index contributed by atoms with van der Waals surface area (Å²) in [6.07, 6.45) is 8.20. The van der Waals surface area contributed by atoms with E-state index in [9.17, 15) is 4.79 Å². The predicted molar refractivity (Wildman–Crippen MR) is 81.6 cm³/mol. The SMILES string of the molecule is Cc1cnn(C2CCN(C(=O)COCC3CCCO3)CC2)c1. The molecule has 122 valence electrons. The molecule has 0 saturated carbocycles. The van der Waals surface area contributed by atoms with Gasteiger partial charge in [-0.2, -0.15) is 5.10 Å². The van der Waals surface area contributed by atoms with Crippen LogP contribution in [0.15, 0.2) is 12.4 Å². The highest BCUT2D eigenvalue weighted by Gasteiger charge is 2.24. The molecule has 6 heteroatoms. The van der Waals surface area contributed by atoms with Gasteiger partial charge < -0.3 is 14.4 Å². The molecule has 1 aromatic heterocycles. The molecule has 0 aliphatic carbocycles. The van der Waals surface area contributed by atoms with Gasteiger partial charge in [-0.1, -0.05) is 0 Å². The summed E-state index contributed by atoms with van der Waals surface area (Å²) in [5.41, 5.74) is 1.18. The molecule has 1 amide bonds. The summed E-state index contributed by atoms with van der Waals surface area (Å²) in [4.78, 5) is 14.1. The first-order valence-electron chi connectivity index (χ1n) is 8.20. The standard InChI is InChI=1S/C16H25N3O3/c1-13-9-17-19(10-13)14-4-6-18(7-5-14)16(20)12-21-11-15-3-2-8-22-15/h9-10,14-15H,2-8,11-12H2,1H3. The number of aromatic nitrogens is 2. The molecule has 2 aliphatic heterocycles. The van der Waals surface area contributed by atoms with Crippen molar-refractivity contribution in [3.05, 3.63) is 18.0 Å². The minimum Gasteiger partial charge on any atom is -0.376 e. The summed E-state index contributed by atoms with van der Waals surface area (Å²) in [6.45, 7) is 5.15. The third-order valence-corrected chi connectivity index (χ3v) is 4.48. The molecule has 2 fully saturated rings. The average Bonchev–Trinajstić information content (AvgIpc) is 3.19. The highest BCUT2D eigenvalue weighted by Crippen LogP contribution is 2.22. The quantitative estimate of drug-likeness (QED) is 0.828. The van der Waals surface area contributed by atoms with E-state index in [0.29, 0.717) is 12.6 Å². The van der Waals surface area contributed by atoms with Crippen LogP contribution in [0.3, 0.4) is 0 Å². The molecule has 3 heterocycles. The van der Waals surface area contributed by atoms with E-state index < -0.39 is 0 Å². The Morgan fingerprint density at radius 1 is 1.41 bits per heavy atom. The molecule has 2 saturated heterocycles. The molecule has 1 atom stereocenters. The summed E-state index contributed by atoms with van der Waals surface area (Å²) in [5, 5.41) is 4.38. The second-order valence-electron chi connectivity index (χ2n) is 6.26. The van der Waals surface area contributed by atoms with E-state index in [1.165, 1.54) is 5.56 Å². The van der Waals surface area contributed by atoms with Crippen LogP contribution in [-0.4, -0.2) is 59.6 Å². The monoisotopic (exact) mass is 307 g/mol. The first-order valence-corrected chi connectivity index (χ1v) is 8.20. The van der Waals surface area contributed by atoms with Crippen LogP contribution in [0.1, 0.15) is 37.3 Å². The van der Waals surface area contributed by atoms with Crippen LogP contribution >= 0.6 is 0 Å². The van der Waals surface area contributed by atoms with Gasteiger partial charge in [-0.15, -0.1) is 0 Å². The predicted octanol–water partition coefficient (Wildman–Crippen LogP) is 1.55. The number of nitrogens with zero attached hydrogens (tertiary/aromatic N) is 3. The molecule has 0 N–H and O–H groups in total. The number of carbonyl (C=O) groups is 1. The summed E-state index contributed by atoms with van der Waals surface area (Å²) in [6, 6.07) is 0.408. The van der Waals surface area contributed by atoms with E-state index in [0.717, 1.165) is 45.4 Å². The van der Waals surface area contributed by atoms with Gasteiger partial charge in [-0.3, -0.25) is 9.48 Å². The molecular weight excluding hydrogens is 282 g/mol. The van der Waals surface area contributed by atoms with E-state index >= 15 is 0 Å². The van der Waals surface area contributed by atoms with Crippen molar-refractivity contribution in [1.29, 1.82) is 0 Å². The lowest BCUT2D eigenvalue weighted by molar-refractivity contribution is -0.138. The fourth-order valence-corrected chi connectivity index (χ4v) is 3.16. The van der Waals surface area contributed by atoms with E-state index in [-0.39, 0.29) is 18.6 Å². The number of likely N-dealkylation sites (tertiary alicyclic amines) is 1. The first-order chi connectivity index (χ1) is 10.7. The number of ether oxygens (including phenoxy) is 2. The van der Waals surface area contributed by atoms with Crippen LogP contribution in [0.2, 0.25) is 0 Å². The van der Waals surface area contributed by atoms with Gasteiger partial charge in [0.1, 0.15) is 6.61 Å². The Bertz CT molecular complexity index is 489. The Balaban J connectivity index is 1.38. The van der Waals surface area contributed by atoms with Gasteiger partial charge >= 0.3 is 0 Å². The van der Waals surface area contributed by atoms with E-state index in [1.807, 2.05) is 22.7 Å². The molecule has 1 unspecified atom stereocenters. The van der Waals surface area contributed by atoms with Gasteiger partial charge in [-0.25, -0.2) is 0 Å². The van der Waals surface area contributed by atoms with E-state index in [2.05, 4.69) is 11.3 Å². The van der Waals surface area contributed by atoms with Crippen molar-refractivity contribution >= 4 is 5.91 Å². The summed E-state index contributed by atoms with van der Waals surface area (Å²) < 4.78 is 13.0. The second-order valence-corrected chi connectivity index (χ2v) is 6.26. The lowest BCUT2D eigenvalue weighted by atomic mass is 10.1. The minimum atomic E-state index is 0.0908. The lowest BCUT2D eigenvalue weighted by Crippen LogP contribution is -2.41. The van der Waals surface area contributed by atoms with Gasteiger partial charge in [0.2, 0.25) is 5.91 Å². The van der Waals surface area contributed by atoms with Crippen LogP contribution in [0, 0.1) is 6.92 Å². The third kappa shape index (κ3) is 3.87. The molecule has 0 bridgehead atoms. The van der Waals surface area contributed by atoms with Crippen LogP contribution in [0.5, 0.6) is 0 Å². The Morgan fingerprint density at radius 2 is 2.23 bits per heavy atom. The molecule has 0 radical (unpaired) electrons. The average molecular weight is 307 g/mol. The molecule has 1 aromatic rings. The lowest BCUT2D eigenvalue weighted by Gasteiger charge is -2.32. The topological polar surface area (TPSA) is 56.6 Å². The van der Waals surface area contributed by atoms with Crippen molar-refractivity contribution in [3.8, 4) is 0 Å². The van der Waals surface area contributed by atoms with Crippen LogP contribution in [-0.2, 0) is 14.3 Å². The second kappa shape index (κ2) is 7.24. The number of amides is 1. The van der Waals surface area contributed by atoms with Gasteiger partial charge in [0.25, 0.3) is 0 Å². The Morgan fingerprint density at radius 3 is 2.86 bits per heavy atom. The van der Waals surface area contributed by atoms with Crippen LogP contribution < -0.4 is 0 Å². The molecule has 0 aromatic carbocycles. The minimum absolute atomic E-state index is 0.0908. The van der Waals surface area contributed by atoms with Crippen LogP contribution in [0.25, 0.3) is 0 Å². The summed E-state index contributed by atoms with van der Waals surface area (Å²) in [7, 11) is 0. The molecule has 22 heavy (non-hydrogen) atoms. The van der Waals surface area contributed by atoms with Gasteiger partial charge in [0, 0.05) is 25.9 Å². The Labute approximate surface area is 131 Å². The Hall–Kier alpha value is -1.40. The van der Waals surface area contributed by atoms with Crippen molar-refractivity contribution in [2.75, 3.05) is 32.9 Å². The largest absolute Gasteiger partial charge is 0.376 e. The maximum Gasteiger partial charge on any atom is 0.248 e. The van der Waals surface area contributed by atoms with E-state index in [4.69, 9.17) is 9.47 Å². The number of hydrogen-bond acceptors (Lipinski definition) is 4. The summed E-state index contributed by atoms with van der Waals surface area (Å²) in [5.74, 6) is 0.0908. The maximum atomic E-state index is 12.2. The number of aryl methyl sites for hydroxylation is 1. The molecule has 3 rings (SSSR count). The molecular formula is C16H25N3O3. The van der Waals surface area contributed by atoms with Gasteiger partial charge in [-0.05, 0) is 38.2 Å². The van der Waals surface area contributed by atoms with Crippen molar-refractivity contribution < 1.29 is 14.3 Å². The zero-order valence-electron chi connectivity index (χ0n) is 13.2. The van der Waals surface area contributed by atoms with Crippen molar-refractivity contribution in [2.24, 2.45) is 0 Å². The normalized spacial score (nSPS) is 23.1. The number of hydrogen-bond donors (Lipinski definition) is 0. The zero-order valence-corrected chi connectivity index (χ0v) is 13.2. The molecule has 2 aliphatic rings. The Kier molecular flexibility index (Phi) is 5.10. The summed E-state index contributed by atoms with van der Waals surface area (Å²) >= 11 is 0. The van der Waals surface area contributed by atoms with Gasteiger partial charge in [0.15, 0.2) is 0 Å². The smallest absolute Gasteiger partial charge is 0.248 e. The van der Waals surface area contributed by atoms with Crippen molar-refractivity contribution in [1.82, 2.24) is 14.7 Å². The molecule has 0 spiro atoms. The highest BCUT2D eigenvalue weighted by atomic mass is 16.5. The number of carbonyl (C=O) groups excluding carboxylic acids is 1. The zero-order chi connectivity index (χ0) is 15.4.